The summed E-state index contributed by atoms with van der Waals surface area (Å²) in [6, 6.07) is 12.1. The number of nitrogens with zero attached hydrogens (tertiary/aromatic N) is 2. The fraction of sp³-hybridized carbons (Fsp3) is 0.200. The van der Waals surface area contributed by atoms with E-state index in [-0.39, 0.29) is 0 Å². The van der Waals surface area contributed by atoms with Crippen molar-refractivity contribution in [2.45, 2.75) is 13.0 Å². The van der Waals surface area contributed by atoms with E-state index in [0.717, 1.165) is 25.2 Å². The van der Waals surface area contributed by atoms with Gasteiger partial charge in [-0.3, -0.25) is 9.78 Å². The Hall–Kier alpha value is -2.36. The fourth-order valence-corrected chi connectivity index (χ4v) is 2.47. The van der Waals surface area contributed by atoms with E-state index >= 15 is 0 Å². The summed E-state index contributed by atoms with van der Waals surface area (Å²) in [6.45, 7) is 1.80. The summed E-state index contributed by atoms with van der Waals surface area (Å²) in [6.07, 6.45) is 2.65. The molecule has 19 heavy (non-hydrogen) atoms. The standard InChI is InChI=1S/C15H15N3O/c16-15(19)14-9-13(5-7-17-14)18-8-6-11-3-1-2-4-12(11)10-18/h1-5,7,9H,6,8,10H2,(H2,16,19). The minimum atomic E-state index is -0.487. The van der Waals surface area contributed by atoms with Crippen molar-refractivity contribution in [2.75, 3.05) is 11.4 Å². The van der Waals surface area contributed by atoms with Crippen LogP contribution < -0.4 is 10.6 Å². The normalized spacial score (nSPS) is 14.0. The van der Waals surface area contributed by atoms with Crippen LogP contribution in [0.1, 0.15) is 21.6 Å². The molecule has 1 amide bonds. The van der Waals surface area contributed by atoms with Gasteiger partial charge in [-0.15, -0.1) is 0 Å². The van der Waals surface area contributed by atoms with Crippen molar-refractivity contribution in [3.8, 4) is 0 Å². The van der Waals surface area contributed by atoms with Crippen molar-refractivity contribution >= 4 is 11.6 Å². The summed E-state index contributed by atoms with van der Waals surface area (Å²) in [7, 11) is 0. The van der Waals surface area contributed by atoms with E-state index in [9.17, 15) is 4.79 Å². The van der Waals surface area contributed by atoms with Gasteiger partial charge in [0.05, 0.1) is 0 Å². The van der Waals surface area contributed by atoms with Gasteiger partial charge in [-0.2, -0.15) is 0 Å². The quantitative estimate of drug-likeness (QED) is 0.887. The third-order valence-corrected chi connectivity index (χ3v) is 3.49. The van der Waals surface area contributed by atoms with E-state index in [2.05, 4.69) is 34.1 Å². The number of primary amides is 1. The summed E-state index contributed by atoms with van der Waals surface area (Å²) in [5.74, 6) is -0.487. The van der Waals surface area contributed by atoms with E-state index in [4.69, 9.17) is 5.73 Å². The van der Waals surface area contributed by atoms with Crippen LogP contribution in [0.15, 0.2) is 42.6 Å². The molecule has 4 nitrogen and oxygen atoms in total. The Balaban J connectivity index is 1.89. The maximum Gasteiger partial charge on any atom is 0.267 e. The van der Waals surface area contributed by atoms with Crippen LogP contribution in [0.25, 0.3) is 0 Å². The first-order valence-electron chi connectivity index (χ1n) is 6.31. The molecule has 0 spiro atoms. The van der Waals surface area contributed by atoms with Gasteiger partial charge < -0.3 is 10.6 Å². The maximum atomic E-state index is 11.2. The second kappa shape index (κ2) is 4.72. The molecule has 0 saturated carbocycles. The third-order valence-electron chi connectivity index (χ3n) is 3.49. The molecule has 0 unspecified atom stereocenters. The lowest BCUT2D eigenvalue weighted by Crippen LogP contribution is -2.30. The molecule has 4 heteroatoms. The molecule has 1 aromatic heterocycles. The van der Waals surface area contributed by atoms with E-state index in [1.807, 2.05) is 6.07 Å². The molecule has 2 aromatic rings. The zero-order valence-electron chi connectivity index (χ0n) is 10.5. The molecule has 1 aromatic carbocycles. The number of aromatic nitrogens is 1. The summed E-state index contributed by atoms with van der Waals surface area (Å²) < 4.78 is 0. The molecular weight excluding hydrogens is 238 g/mol. The van der Waals surface area contributed by atoms with Crippen LogP contribution in [-0.4, -0.2) is 17.4 Å². The number of rotatable bonds is 2. The number of benzene rings is 1. The van der Waals surface area contributed by atoms with Crippen molar-refractivity contribution in [1.82, 2.24) is 4.98 Å². The highest BCUT2D eigenvalue weighted by Gasteiger charge is 2.16. The summed E-state index contributed by atoms with van der Waals surface area (Å²) in [5.41, 5.74) is 9.33. The first-order chi connectivity index (χ1) is 9.24. The molecule has 2 heterocycles. The number of fused-ring (bicyclic) bond motifs is 1. The Kier molecular flexibility index (Phi) is 2.91. The van der Waals surface area contributed by atoms with E-state index in [0.29, 0.717) is 5.69 Å². The Bertz CT molecular complexity index is 624. The first kappa shape index (κ1) is 11.7. The molecule has 96 valence electrons. The molecule has 1 aliphatic rings. The van der Waals surface area contributed by atoms with Crippen LogP contribution >= 0.6 is 0 Å². The Morgan fingerprint density at radius 3 is 2.79 bits per heavy atom. The van der Waals surface area contributed by atoms with Gasteiger partial charge in [0.1, 0.15) is 5.69 Å². The number of carbonyl (C=O) groups excluding carboxylic acids is 1. The predicted molar refractivity (Wildman–Crippen MR) is 74.0 cm³/mol. The molecule has 0 atom stereocenters. The highest BCUT2D eigenvalue weighted by atomic mass is 16.1. The van der Waals surface area contributed by atoms with Gasteiger partial charge in [0.2, 0.25) is 0 Å². The molecule has 1 aliphatic heterocycles. The van der Waals surface area contributed by atoms with Gasteiger partial charge >= 0.3 is 0 Å². The van der Waals surface area contributed by atoms with Gasteiger partial charge in [0.25, 0.3) is 5.91 Å². The summed E-state index contributed by atoms with van der Waals surface area (Å²) in [4.78, 5) is 17.4. The van der Waals surface area contributed by atoms with Crippen molar-refractivity contribution in [2.24, 2.45) is 5.73 Å². The molecule has 0 radical (unpaired) electrons. The number of hydrogen-bond acceptors (Lipinski definition) is 3. The average molecular weight is 253 g/mol. The second-order valence-electron chi connectivity index (χ2n) is 4.70. The van der Waals surface area contributed by atoms with Gasteiger partial charge in [-0.25, -0.2) is 0 Å². The van der Waals surface area contributed by atoms with Crippen molar-refractivity contribution in [3.63, 3.8) is 0 Å². The van der Waals surface area contributed by atoms with Crippen molar-refractivity contribution in [3.05, 3.63) is 59.4 Å². The number of amides is 1. The van der Waals surface area contributed by atoms with Crippen LogP contribution in [0.3, 0.4) is 0 Å². The lowest BCUT2D eigenvalue weighted by molar-refractivity contribution is 0.0995. The van der Waals surface area contributed by atoms with Gasteiger partial charge in [-0.05, 0) is 29.7 Å². The lowest BCUT2D eigenvalue weighted by Gasteiger charge is -2.30. The lowest BCUT2D eigenvalue weighted by atomic mass is 9.99. The topological polar surface area (TPSA) is 59.2 Å². The number of nitrogens with two attached hydrogens (primary N) is 1. The average Bonchev–Trinajstić information content (AvgIpc) is 2.47. The molecule has 2 N–H and O–H groups in total. The van der Waals surface area contributed by atoms with Gasteiger partial charge in [0, 0.05) is 25.0 Å². The Morgan fingerprint density at radius 2 is 2.00 bits per heavy atom. The molecular formula is C15H15N3O. The molecule has 0 bridgehead atoms. The van der Waals surface area contributed by atoms with Crippen molar-refractivity contribution < 1.29 is 4.79 Å². The van der Waals surface area contributed by atoms with E-state index < -0.39 is 5.91 Å². The summed E-state index contributed by atoms with van der Waals surface area (Å²) in [5, 5.41) is 0. The highest BCUT2D eigenvalue weighted by molar-refractivity contribution is 5.91. The number of pyridine rings is 1. The second-order valence-corrected chi connectivity index (χ2v) is 4.70. The molecule has 0 aliphatic carbocycles. The van der Waals surface area contributed by atoms with Crippen LogP contribution in [0.4, 0.5) is 5.69 Å². The van der Waals surface area contributed by atoms with Crippen LogP contribution in [-0.2, 0) is 13.0 Å². The Morgan fingerprint density at radius 1 is 1.21 bits per heavy atom. The minimum absolute atomic E-state index is 0.316. The minimum Gasteiger partial charge on any atom is -0.367 e. The summed E-state index contributed by atoms with van der Waals surface area (Å²) >= 11 is 0. The first-order valence-corrected chi connectivity index (χ1v) is 6.31. The number of anilines is 1. The number of hydrogen-bond donors (Lipinski definition) is 1. The van der Waals surface area contributed by atoms with Crippen LogP contribution in [0.5, 0.6) is 0 Å². The molecule has 0 saturated heterocycles. The largest absolute Gasteiger partial charge is 0.367 e. The predicted octanol–water partition coefficient (Wildman–Crippen LogP) is 1.74. The van der Waals surface area contributed by atoms with E-state index in [1.54, 1.807) is 12.3 Å². The Labute approximate surface area is 111 Å². The third kappa shape index (κ3) is 2.29. The van der Waals surface area contributed by atoms with Crippen molar-refractivity contribution in [1.29, 1.82) is 0 Å². The zero-order valence-corrected chi connectivity index (χ0v) is 10.5. The smallest absolute Gasteiger partial charge is 0.267 e. The number of carbonyl (C=O) groups is 1. The van der Waals surface area contributed by atoms with Gasteiger partial charge in [-0.1, -0.05) is 24.3 Å². The molecule has 3 rings (SSSR count). The van der Waals surface area contributed by atoms with Crippen LogP contribution in [0.2, 0.25) is 0 Å². The van der Waals surface area contributed by atoms with Gasteiger partial charge in [0.15, 0.2) is 0 Å². The monoisotopic (exact) mass is 253 g/mol. The van der Waals surface area contributed by atoms with Crippen LogP contribution in [0, 0.1) is 0 Å². The van der Waals surface area contributed by atoms with E-state index in [1.165, 1.54) is 11.1 Å². The fourth-order valence-electron chi connectivity index (χ4n) is 2.47. The molecule has 0 fully saturated rings. The zero-order chi connectivity index (χ0) is 13.2. The highest BCUT2D eigenvalue weighted by Crippen LogP contribution is 2.24. The SMILES string of the molecule is NC(=O)c1cc(N2CCc3ccccc3C2)ccn1. The maximum absolute atomic E-state index is 11.2.